The first-order valence-corrected chi connectivity index (χ1v) is 8.06. The van der Waals surface area contributed by atoms with Crippen LogP contribution in [-0.2, 0) is 9.59 Å². The Labute approximate surface area is 148 Å². The number of hydrogen-bond acceptors (Lipinski definition) is 6. The Morgan fingerprint density at radius 3 is 2.69 bits per heavy atom. The molecule has 9 nitrogen and oxygen atoms in total. The van der Waals surface area contributed by atoms with Gasteiger partial charge in [0.15, 0.2) is 0 Å². The van der Waals surface area contributed by atoms with Crippen LogP contribution >= 0.6 is 0 Å². The van der Waals surface area contributed by atoms with Crippen molar-refractivity contribution in [3.63, 3.8) is 0 Å². The Morgan fingerprint density at radius 2 is 2.00 bits per heavy atom. The lowest BCUT2D eigenvalue weighted by Crippen LogP contribution is -2.54. The van der Waals surface area contributed by atoms with E-state index in [4.69, 9.17) is 0 Å². The minimum Gasteiger partial charge on any atom is -0.341 e. The van der Waals surface area contributed by atoms with E-state index in [1.165, 1.54) is 0 Å². The fraction of sp³-hybridized carbons (Fsp3) is 0.235. The molecule has 2 N–H and O–H groups in total. The summed E-state index contributed by atoms with van der Waals surface area (Å²) in [5, 5.41) is 8.77. The zero-order chi connectivity index (χ0) is 18.4. The SMILES string of the molecule is CN(c1cn[nH]c1)c1cccc2c1C(=O)N(C1CCC(=O)NC1=O)C2=O. The quantitative estimate of drug-likeness (QED) is 0.780. The molecule has 132 valence electrons. The van der Waals surface area contributed by atoms with Gasteiger partial charge < -0.3 is 4.90 Å². The second-order valence-electron chi connectivity index (χ2n) is 6.16. The highest BCUT2D eigenvalue weighted by molar-refractivity contribution is 6.25. The zero-order valence-electron chi connectivity index (χ0n) is 13.9. The molecule has 0 spiro atoms. The van der Waals surface area contributed by atoms with E-state index < -0.39 is 29.7 Å². The van der Waals surface area contributed by atoms with Crippen LogP contribution in [0.4, 0.5) is 11.4 Å². The number of imide groups is 2. The Hall–Kier alpha value is -3.49. The molecule has 1 saturated heterocycles. The largest absolute Gasteiger partial charge is 0.341 e. The summed E-state index contributed by atoms with van der Waals surface area (Å²) in [5.74, 6) is -2.09. The summed E-state index contributed by atoms with van der Waals surface area (Å²) in [5.41, 5.74) is 1.74. The summed E-state index contributed by atoms with van der Waals surface area (Å²) in [6, 6.07) is 4.00. The number of anilines is 2. The molecule has 0 radical (unpaired) electrons. The van der Waals surface area contributed by atoms with Gasteiger partial charge in [-0.2, -0.15) is 5.10 Å². The van der Waals surface area contributed by atoms with Crippen LogP contribution in [0.5, 0.6) is 0 Å². The molecule has 1 aromatic carbocycles. The lowest BCUT2D eigenvalue weighted by molar-refractivity contribution is -0.136. The highest BCUT2D eigenvalue weighted by atomic mass is 16.2. The third kappa shape index (κ3) is 2.28. The van der Waals surface area contributed by atoms with E-state index >= 15 is 0 Å². The van der Waals surface area contributed by atoms with Gasteiger partial charge in [-0.1, -0.05) is 6.07 Å². The first kappa shape index (κ1) is 16.0. The molecule has 0 aliphatic carbocycles. The van der Waals surface area contributed by atoms with Crippen molar-refractivity contribution in [3.8, 4) is 0 Å². The summed E-state index contributed by atoms with van der Waals surface area (Å²) in [6.45, 7) is 0. The smallest absolute Gasteiger partial charge is 0.264 e. The van der Waals surface area contributed by atoms with E-state index in [9.17, 15) is 19.2 Å². The third-order valence-electron chi connectivity index (χ3n) is 4.68. The van der Waals surface area contributed by atoms with Crippen LogP contribution < -0.4 is 10.2 Å². The maximum Gasteiger partial charge on any atom is 0.264 e. The van der Waals surface area contributed by atoms with Crippen molar-refractivity contribution in [2.45, 2.75) is 18.9 Å². The molecule has 9 heteroatoms. The van der Waals surface area contributed by atoms with Crippen LogP contribution in [0.25, 0.3) is 0 Å². The lowest BCUT2D eigenvalue weighted by atomic mass is 10.0. The molecule has 1 aromatic heterocycles. The molecule has 2 aromatic rings. The maximum absolute atomic E-state index is 13.0. The number of fused-ring (bicyclic) bond motifs is 1. The monoisotopic (exact) mass is 353 g/mol. The molecule has 2 aliphatic rings. The normalized spacial score (nSPS) is 19.6. The molecule has 4 rings (SSSR count). The van der Waals surface area contributed by atoms with Crippen molar-refractivity contribution < 1.29 is 19.2 Å². The highest BCUT2D eigenvalue weighted by Gasteiger charge is 2.45. The molecule has 0 saturated carbocycles. The van der Waals surface area contributed by atoms with Crippen molar-refractivity contribution in [3.05, 3.63) is 41.7 Å². The number of nitrogens with zero attached hydrogens (tertiary/aromatic N) is 3. The van der Waals surface area contributed by atoms with Crippen LogP contribution in [-0.4, -0.2) is 51.8 Å². The number of carbonyl (C=O) groups is 4. The van der Waals surface area contributed by atoms with E-state index in [2.05, 4.69) is 15.5 Å². The van der Waals surface area contributed by atoms with E-state index in [0.29, 0.717) is 5.69 Å². The second kappa shape index (κ2) is 5.80. The number of benzene rings is 1. The number of hydrogen-bond donors (Lipinski definition) is 2. The van der Waals surface area contributed by atoms with Gasteiger partial charge in [-0.15, -0.1) is 0 Å². The van der Waals surface area contributed by atoms with E-state index in [1.54, 1.807) is 42.5 Å². The van der Waals surface area contributed by atoms with E-state index in [0.717, 1.165) is 10.6 Å². The number of aromatic amines is 1. The Balaban J connectivity index is 1.74. The van der Waals surface area contributed by atoms with Crippen molar-refractivity contribution in [1.82, 2.24) is 20.4 Å². The highest BCUT2D eigenvalue weighted by Crippen LogP contribution is 2.35. The predicted octanol–water partition coefficient (Wildman–Crippen LogP) is 0.579. The van der Waals surface area contributed by atoms with Gasteiger partial charge in [0.2, 0.25) is 11.8 Å². The van der Waals surface area contributed by atoms with Gasteiger partial charge in [0.1, 0.15) is 6.04 Å². The van der Waals surface area contributed by atoms with Gasteiger partial charge in [0, 0.05) is 19.7 Å². The molecule has 4 amide bonds. The molecule has 0 bridgehead atoms. The van der Waals surface area contributed by atoms with Crippen molar-refractivity contribution in [2.75, 3.05) is 11.9 Å². The molecule has 1 fully saturated rings. The van der Waals surface area contributed by atoms with Crippen LogP contribution in [0, 0.1) is 0 Å². The van der Waals surface area contributed by atoms with Crippen LogP contribution in [0.1, 0.15) is 33.6 Å². The van der Waals surface area contributed by atoms with Crippen LogP contribution in [0.15, 0.2) is 30.6 Å². The third-order valence-corrected chi connectivity index (χ3v) is 4.68. The molecule has 1 unspecified atom stereocenters. The average Bonchev–Trinajstić information content (AvgIpc) is 3.24. The molecule has 2 aliphatic heterocycles. The fourth-order valence-corrected chi connectivity index (χ4v) is 3.34. The van der Waals surface area contributed by atoms with Gasteiger partial charge in [0.05, 0.1) is 28.7 Å². The molecule has 3 heterocycles. The number of nitrogens with one attached hydrogen (secondary N) is 2. The number of rotatable bonds is 3. The Morgan fingerprint density at radius 1 is 1.19 bits per heavy atom. The number of piperidine rings is 1. The van der Waals surface area contributed by atoms with E-state index in [-0.39, 0.29) is 24.0 Å². The number of aromatic nitrogens is 2. The number of carbonyl (C=O) groups excluding carboxylic acids is 4. The summed E-state index contributed by atoms with van der Waals surface area (Å²) in [4.78, 5) is 52.0. The van der Waals surface area contributed by atoms with Gasteiger partial charge >= 0.3 is 0 Å². The van der Waals surface area contributed by atoms with Crippen LogP contribution in [0.2, 0.25) is 0 Å². The Kier molecular flexibility index (Phi) is 3.57. The summed E-state index contributed by atoms with van der Waals surface area (Å²) in [7, 11) is 1.76. The van der Waals surface area contributed by atoms with Gasteiger partial charge in [-0.05, 0) is 18.6 Å². The second-order valence-corrected chi connectivity index (χ2v) is 6.16. The van der Waals surface area contributed by atoms with Gasteiger partial charge in [-0.25, -0.2) is 0 Å². The van der Waals surface area contributed by atoms with Crippen molar-refractivity contribution in [1.29, 1.82) is 0 Å². The first-order chi connectivity index (χ1) is 12.5. The first-order valence-electron chi connectivity index (χ1n) is 8.06. The molecular weight excluding hydrogens is 338 g/mol. The van der Waals surface area contributed by atoms with Gasteiger partial charge in [-0.3, -0.25) is 34.5 Å². The Bertz CT molecular complexity index is 937. The van der Waals surface area contributed by atoms with Crippen molar-refractivity contribution >= 4 is 35.0 Å². The summed E-state index contributed by atoms with van der Waals surface area (Å²) < 4.78 is 0. The molecular formula is C17H15N5O4. The van der Waals surface area contributed by atoms with Crippen LogP contribution in [0.3, 0.4) is 0 Å². The standard InChI is InChI=1S/C17H15N5O4/c1-21(9-7-18-19-8-9)11-4-2-3-10-14(11)17(26)22(16(10)25)12-5-6-13(23)20-15(12)24/h2-4,7-8,12H,5-6H2,1H3,(H,18,19)(H,20,23,24). The molecule has 1 atom stereocenters. The maximum atomic E-state index is 13.0. The number of H-pyrrole nitrogens is 1. The minimum absolute atomic E-state index is 0.0889. The number of amides is 4. The van der Waals surface area contributed by atoms with Gasteiger partial charge in [0.25, 0.3) is 11.8 Å². The molecule has 26 heavy (non-hydrogen) atoms. The van der Waals surface area contributed by atoms with Crippen molar-refractivity contribution in [2.24, 2.45) is 0 Å². The summed E-state index contributed by atoms with van der Waals surface area (Å²) >= 11 is 0. The fourth-order valence-electron chi connectivity index (χ4n) is 3.34. The predicted molar refractivity (Wildman–Crippen MR) is 89.8 cm³/mol. The van der Waals surface area contributed by atoms with E-state index in [1.807, 2.05) is 0 Å². The zero-order valence-corrected chi connectivity index (χ0v) is 13.9. The topological polar surface area (TPSA) is 115 Å². The summed E-state index contributed by atoms with van der Waals surface area (Å²) in [6.07, 6.45) is 3.48. The lowest BCUT2D eigenvalue weighted by Gasteiger charge is -2.28. The average molecular weight is 353 g/mol. The minimum atomic E-state index is -0.979.